The van der Waals surface area contributed by atoms with Gasteiger partial charge in [0.25, 0.3) is 0 Å². The van der Waals surface area contributed by atoms with Crippen molar-refractivity contribution in [3.8, 4) is 0 Å². The lowest BCUT2D eigenvalue weighted by molar-refractivity contribution is 0.596. The van der Waals surface area contributed by atoms with E-state index in [4.69, 9.17) is 11.1 Å². The van der Waals surface area contributed by atoms with Crippen molar-refractivity contribution in [2.45, 2.75) is 9.79 Å². The molecule has 0 saturated heterocycles. The number of nitrogens with one attached hydrogen (secondary N) is 1. The van der Waals surface area contributed by atoms with Gasteiger partial charge >= 0.3 is 0 Å². The van der Waals surface area contributed by atoms with E-state index in [1.807, 2.05) is 24.3 Å². The van der Waals surface area contributed by atoms with Crippen molar-refractivity contribution < 1.29 is 8.42 Å². The molecule has 110 valence electrons. The van der Waals surface area contributed by atoms with Crippen LogP contribution in [0, 0.1) is 5.41 Å². The summed E-state index contributed by atoms with van der Waals surface area (Å²) in [6, 6.07) is 18.7. The van der Waals surface area contributed by atoms with Crippen LogP contribution in [0.3, 0.4) is 0 Å². The Hall–Kier alpha value is -2.66. The van der Waals surface area contributed by atoms with Gasteiger partial charge in [-0.1, -0.05) is 30.3 Å². The zero-order valence-electron chi connectivity index (χ0n) is 11.7. The number of fused-ring (bicyclic) bond motifs is 1. The fourth-order valence-electron chi connectivity index (χ4n) is 2.28. The Morgan fingerprint density at radius 3 is 2.05 bits per heavy atom. The minimum absolute atomic E-state index is 0.0883. The Balaban J connectivity index is 2.09. The first-order chi connectivity index (χ1) is 10.5. The van der Waals surface area contributed by atoms with Crippen molar-refractivity contribution in [2.24, 2.45) is 5.73 Å². The highest BCUT2D eigenvalue weighted by Gasteiger charge is 2.18. The van der Waals surface area contributed by atoms with Gasteiger partial charge in [0.15, 0.2) is 0 Å². The lowest BCUT2D eigenvalue weighted by Gasteiger charge is -2.07. The van der Waals surface area contributed by atoms with Crippen molar-refractivity contribution in [2.75, 3.05) is 0 Å². The fraction of sp³-hybridized carbons (Fsp3) is 0. The zero-order chi connectivity index (χ0) is 15.7. The van der Waals surface area contributed by atoms with Crippen LogP contribution >= 0.6 is 0 Å². The second-order valence-electron chi connectivity index (χ2n) is 4.95. The summed E-state index contributed by atoms with van der Waals surface area (Å²) < 4.78 is 25.3. The van der Waals surface area contributed by atoms with Crippen LogP contribution in [0.2, 0.25) is 0 Å². The summed E-state index contributed by atoms with van der Waals surface area (Å²) in [6.45, 7) is 0. The van der Waals surface area contributed by atoms with Crippen LogP contribution in [0.15, 0.2) is 76.5 Å². The lowest BCUT2D eigenvalue weighted by atomic mass is 10.1. The molecule has 0 aromatic heterocycles. The van der Waals surface area contributed by atoms with E-state index < -0.39 is 9.84 Å². The highest BCUT2D eigenvalue weighted by molar-refractivity contribution is 7.91. The van der Waals surface area contributed by atoms with E-state index >= 15 is 0 Å². The normalized spacial score (nSPS) is 11.5. The third-order valence-corrected chi connectivity index (χ3v) is 5.27. The summed E-state index contributed by atoms with van der Waals surface area (Å²) in [5.41, 5.74) is 5.88. The molecule has 0 heterocycles. The molecule has 0 unspecified atom stereocenters. The number of rotatable bonds is 3. The molecule has 0 amide bonds. The molecule has 5 heteroatoms. The van der Waals surface area contributed by atoms with E-state index in [1.165, 1.54) is 24.3 Å². The first-order valence-corrected chi connectivity index (χ1v) is 8.15. The number of nitrogens with two attached hydrogens (primary N) is 1. The molecule has 3 aromatic rings. The molecule has 4 nitrogen and oxygen atoms in total. The van der Waals surface area contributed by atoms with Crippen molar-refractivity contribution in [3.05, 3.63) is 72.3 Å². The van der Waals surface area contributed by atoms with Crippen LogP contribution in [0.25, 0.3) is 10.8 Å². The number of hydrogen-bond donors (Lipinski definition) is 2. The number of hydrogen-bond acceptors (Lipinski definition) is 3. The Bertz CT molecular complexity index is 961. The third kappa shape index (κ3) is 2.46. The topological polar surface area (TPSA) is 84.0 Å². The van der Waals surface area contributed by atoms with Crippen LogP contribution in [0.4, 0.5) is 0 Å². The molecule has 0 atom stereocenters. The molecule has 0 radical (unpaired) electrons. The highest BCUT2D eigenvalue weighted by Crippen LogP contribution is 2.24. The Morgan fingerprint density at radius 2 is 1.41 bits per heavy atom. The van der Waals surface area contributed by atoms with Crippen LogP contribution in [-0.4, -0.2) is 14.3 Å². The second-order valence-corrected chi connectivity index (χ2v) is 6.90. The minimum atomic E-state index is -3.58. The molecule has 0 aliphatic carbocycles. The number of nitrogen functional groups attached to an aromatic ring is 1. The maximum Gasteiger partial charge on any atom is 0.206 e. The summed E-state index contributed by atoms with van der Waals surface area (Å²) in [5.74, 6) is -0.0883. The average Bonchev–Trinajstić information content (AvgIpc) is 2.54. The molecular formula is C17H14N2O2S. The molecule has 0 saturated carbocycles. The quantitative estimate of drug-likeness (QED) is 0.576. The number of amidine groups is 1. The predicted octanol–water partition coefficient (Wildman–Crippen LogP) is 2.96. The summed E-state index contributed by atoms with van der Waals surface area (Å²) in [6.07, 6.45) is 0. The summed E-state index contributed by atoms with van der Waals surface area (Å²) in [7, 11) is -3.58. The molecule has 0 fully saturated rings. The zero-order valence-corrected chi connectivity index (χ0v) is 12.5. The second kappa shape index (κ2) is 5.27. The van der Waals surface area contributed by atoms with Gasteiger partial charge in [-0.25, -0.2) is 8.42 Å². The van der Waals surface area contributed by atoms with Gasteiger partial charge in [-0.3, -0.25) is 5.41 Å². The molecule has 0 bridgehead atoms. The van der Waals surface area contributed by atoms with Crippen molar-refractivity contribution >= 4 is 26.4 Å². The summed E-state index contributed by atoms with van der Waals surface area (Å²) in [4.78, 5) is 0.439. The molecule has 3 N–H and O–H groups in total. The van der Waals surface area contributed by atoms with Gasteiger partial charge in [-0.2, -0.15) is 0 Å². The van der Waals surface area contributed by atoms with Crippen LogP contribution in [0.5, 0.6) is 0 Å². The van der Waals surface area contributed by atoms with Crippen LogP contribution in [-0.2, 0) is 9.84 Å². The average molecular weight is 310 g/mol. The SMILES string of the molecule is N=C(N)c1ccc(S(=O)(=O)c2ccc3ccccc3c2)cc1. The molecule has 3 rings (SSSR count). The Morgan fingerprint density at radius 1 is 0.818 bits per heavy atom. The Kier molecular flexibility index (Phi) is 3.42. The van der Waals surface area contributed by atoms with Crippen LogP contribution < -0.4 is 5.73 Å². The molecule has 3 aromatic carbocycles. The van der Waals surface area contributed by atoms with E-state index in [2.05, 4.69) is 0 Å². The molecule has 22 heavy (non-hydrogen) atoms. The van der Waals surface area contributed by atoms with E-state index in [-0.39, 0.29) is 15.6 Å². The van der Waals surface area contributed by atoms with Crippen molar-refractivity contribution in [3.63, 3.8) is 0 Å². The van der Waals surface area contributed by atoms with Gasteiger partial charge < -0.3 is 5.73 Å². The van der Waals surface area contributed by atoms with E-state index in [1.54, 1.807) is 18.2 Å². The van der Waals surface area contributed by atoms with Gasteiger partial charge in [0.05, 0.1) is 9.79 Å². The van der Waals surface area contributed by atoms with Gasteiger partial charge in [0, 0.05) is 5.56 Å². The summed E-state index contributed by atoms with van der Waals surface area (Å²) >= 11 is 0. The Labute approximate surface area is 128 Å². The molecular weight excluding hydrogens is 296 g/mol. The van der Waals surface area contributed by atoms with Gasteiger partial charge in [0.1, 0.15) is 5.84 Å². The molecule has 0 aliphatic heterocycles. The van der Waals surface area contributed by atoms with Gasteiger partial charge in [-0.15, -0.1) is 0 Å². The van der Waals surface area contributed by atoms with E-state index in [0.717, 1.165) is 10.8 Å². The maximum atomic E-state index is 12.7. The van der Waals surface area contributed by atoms with Crippen molar-refractivity contribution in [1.82, 2.24) is 0 Å². The number of benzene rings is 3. The monoisotopic (exact) mass is 310 g/mol. The standard InChI is InChI=1S/C17H14N2O2S/c18-17(19)13-6-8-15(9-7-13)22(20,21)16-10-5-12-3-1-2-4-14(12)11-16/h1-11H,(H3,18,19). The van der Waals surface area contributed by atoms with E-state index in [9.17, 15) is 8.42 Å². The number of sulfone groups is 1. The largest absolute Gasteiger partial charge is 0.384 e. The predicted molar refractivity (Wildman–Crippen MR) is 86.9 cm³/mol. The molecule has 0 aliphatic rings. The fourth-order valence-corrected chi connectivity index (χ4v) is 3.58. The van der Waals surface area contributed by atoms with Crippen molar-refractivity contribution in [1.29, 1.82) is 5.41 Å². The van der Waals surface area contributed by atoms with Crippen LogP contribution in [0.1, 0.15) is 5.56 Å². The minimum Gasteiger partial charge on any atom is -0.384 e. The van der Waals surface area contributed by atoms with Gasteiger partial charge in [0.2, 0.25) is 9.84 Å². The smallest absolute Gasteiger partial charge is 0.206 e. The maximum absolute atomic E-state index is 12.7. The van der Waals surface area contributed by atoms with E-state index in [0.29, 0.717) is 5.56 Å². The summed E-state index contributed by atoms with van der Waals surface area (Å²) in [5, 5.41) is 9.22. The third-order valence-electron chi connectivity index (χ3n) is 3.51. The first-order valence-electron chi connectivity index (χ1n) is 6.67. The van der Waals surface area contributed by atoms with Gasteiger partial charge in [-0.05, 0) is 47.2 Å². The molecule has 0 spiro atoms. The lowest BCUT2D eigenvalue weighted by Crippen LogP contribution is -2.11. The highest BCUT2D eigenvalue weighted by atomic mass is 32.2. The first kappa shape index (κ1) is 14.3.